The van der Waals surface area contributed by atoms with Gasteiger partial charge in [0.25, 0.3) is 0 Å². The SMILES string of the molecule is COc1c(NC(=O)Oc2cc3cccc(CN4CCN(C(=O)CN5CCN(C)CC5)CC4)c3n2C)cc(C(C)(C)C)cc1NS(C)(=O)=O. The molecule has 2 amide bonds. The van der Waals surface area contributed by atoms with Crippen molar-refractivity contribution in [3.05, 3.63) is 47.5 Å². The Morgan fingerprint density at radius 2 is 1.54 bits per heavy atom. The van der Waals surface area contributed by atoms with Gasteiger partial charge >= 0.3 is 6.09 Å². The molecule has 0 saturated carbocycles. The Balaban J connectivity index is 1.26. The van der Waals surface area contributed by atoms with Gasteiger partial charge in [-0.3, -0.25) is 24.6 Å². The van der Waals surface area contributed by atoms with Crippen LogP contribution in [0.2, 0.25) is 0 Å². The molecule has 262 valence electrons. The van der Waals surface area contributed by atoms with E-state index in [-0.39, 0.29) is 28.4 Å². The average molecular weight is 684 g/mol. The van der Waals surface area contributed by atoms with Gasteiger partial charge < -0.3 is 23.8 Å². The van der Waals surface area contributed by atoms with Crippen molar-refractivity contribution in [1.29, 1.82) is 0 Å². The molecule has 0 aliphatic carbocycles. The summed E-state index contributed by atoms with van der Waals surface area (Å²) in [6, 6.07) is 11.3. The number of methoxy groups -OCH3 is 1. The third-order valence-electron chi connectivity index (χ3n) is 9.06. The fraction of sp³-hybridized carbons (Fsp3) is 0.529. The smallest absolute Gasteiger partial charge is 0.418 e. The zero-order chi connectivity index (χ0) is 34.8. The number of aryl methyl sites for hydroxylation is 1. The van der Waals surface area contributed by atoms with Crippen LogP contribution in [0.3, 0.4) is 0 Å². The molecule has 2 aliphatic rings. The first-order valence-corrected chi connectivity index (χ1v) is 18.2. The van der Waals surface area contributed by atoms with Crippen LogP contribution in [-0.4, -0.2) is 124 Å². The number of fused-ring (bicyclic) bond motifs is 1. The summed E-state index contributed by atoms with van der Waals surface area (Å²) in [5, 5.41) is 3.70. The maximum Gasteiger partial charge on any atom is 0.418 e. The van der Waals surface area contributed by atoms with E-state index in [4.69, 9.17) is 9.47 Å². The number of carbonyl (C=O) groups excluding carboxylic acids is 2. The molecule has 3 aromatic rings. The van der Waals surface area contributed by atoms with Crippen molar-refractivity contribution >= 4 is 44.3 Å². The highest BCUT2D eigenvalue weighted by Crippen LogP contribution is 2.39. The van der Waals surface area contributed by atoms with E-state index in [2.05, 4.69) is 37.9 Å². The Hall–Kier alpha value is -3.85. The quantitative estimate of drug-likeness (QED) is 0.349. The largest absolute Gasteiger partial charge is 0.492 e. The number of rotatable bonds is 9. The molecule has 0 radical (unpaired) electrons. The van der Waals surface area contributed by atoms with Crippen LogP contribution in [0, 0.1) is 0 Å². The van der Waals surface area contributed by atoms with E-state index < -0.39 is 16.1 Å². The molecule has 2 fully saturated rings. The minimum Gasteiger partial charge on any atom is -0.492 e. The Kier molecular flexibility index (Phi) is 10.6. The number of anilines is 2. The number of benzene rings is 2. The third-order valence-corrected chi connectivity index (χ3v) is 9.65. The van der Waals surface area contributed by atoms with Gasteiger partial charge in [0, 0.05) is 77.4 Å². The van der Waals surface area contributed by atoms with Crippen LogP contribution in [0.15, 0.2) is 36.4 Å². The fourth-order valence-corrected chi connectivity index (χ4v) is 6.83. The van der Waals surface area contributed by atoms with Gasteiger partial charge in [-0.25, -0.2) is 13.2 Å². The van der Waals surface area contributed by atoms with Crippen molar-refractivity contribution in [1.82, 2.24) is 24.2 Å². The molecule has 14 heteroatoms. The maximum absolute atomic E-state index is 13.3. The molecule has 2 N–H and O–H groups in total. The van der Waals surface area contributed by atoms with Gasteiger partial charge in [0.1, 0.15) is 0 Å². The molecule has 2 saturated heterocycles. The molecule has 48 heavy (non-hydrogen) atoms. The highest BCUT2D eigenvalue weighted by atomic mass is 32.2. The van der Waals surface area contributed by atoms with Crippen LogP contribution in [0.4, 0.5) is 16.2 Å². The highest BCUT2D eigenvalue weighted by molar-refractivity contribution is 7.92. The number of nitrogens with one attached hydrogen (secondary N) is 2. The summed E-state index contributed by atoms with van der Waals surface area (Å²) < 4.78 is 39.9. The van der Waals surface area contributed by atoms with Crippen LogP contribution < -0.4 is 19.5 Å². The van der Waals surface area contributed by atoms with Gasteiger partial charge in [0.15, 0.2) is 5.75 Å². The lowest BCUT2D eigenvalue weighted by molar-refractivity contribution is -0.134. The summed E-state index contributed by atoms with van der Waals surface area (Å²) in [6.45, 7) is 14.0. The molecule has 3 heterocycles. The first-order chi connectivity index (χ1) is 22.6. The zero-order valence-electron chi connectivity index (χ0n) is 29.1. The van der Waals surface area contributed by atoms with Crippen molar-refractivity contribution < 1.29 is 27.5 Å². The molecular formula is C34H49N7O6S. The summed E-state index contributed by atoms with van der Waals surface area (Å²) in [4.78, 5) is 35.1. The molecule has 2 aromatic carbocycles. The first-order valence-electron chi connectivity index (χ1n) is 16.3. The second-order valence-corrected chi connectivity index (χ2v) is 15.6. The molecule has 0 atom stereocenters. The fourth-order valence-electron chi connectivity index (χ4n) is 6.28. The summed E-state index contributed by atoms with van der Waals surface area (Å²) in [5.41, 5.74) is 3.00. The summed E-state index contributed by atoms with van der Waals surface area (Å²) in [7, 11) is 1.77. The van der Waals surface area contributed by atoms with E-state index >= 15 is 0 Å². The lowest BCUT2D eigenvalue weighted by Crippen LogP contribution is -2.53. The number of para-hydroxylation sites is 1. The normalized spacial score (nSPS) is 17.0. The lowest BCUT2D eigenvalue weighted by atomic mass is 9.86. The van der Waals surface area contributed by atoms with Crippen LogP contribution in [0.25, 0.3) is 10.9 Å². The van der Waals surface area contributed by atoms with E-state index in [0.29, 0.717) is 32.1 Å². The summed E-state index contributed by atoms with van der Waals surface area (Å²) in [6.07, 6.45) is 0.318. The number of nitrogens with zero attached hydrogens (tertiary/aromatic N) is 5. The Labute approximate surface area is 283 Å². The van der Waals surface area contributed by atoms with Gasteiger partial charge in [0.2, 0.25) is 21.8 Å². The number of amides is 2. The molecule has 0 spiro atoms. The van der Waals surface area contributed by atoms with E-state index in [9.17, 15) is 18.0 Å². The number of ether oxygens (including phenoxy) is 2. The highest BCUT2D eigenvalue weighted by Gasteiger charge is 2.26. The minimum absolute atomic E-state index is 0.172. The van der Waals surface area contributed by atoms with Gasteiger partial charge in [-0.15, -0.1) is 0 Å². The van der Waals surface area contributed by atoms with Crippen LogP contribution >= 0.6 is 0 Å². The molecular weight excluding hydrogens is 634 g/mol. The topological polar surface area (TPSA) is 129 Å². The Bertz CT molecular complexity index is 1750. The second kappa shape index (κ2) is 14.3. The predicted octanol–water partition coefficient (Wildman–Crippen LogP) is 3.36. The number of hydrogen-bond acceptors (Lipinski definition) is 9. The number of sulfonamides is 1. The number of likely N-dealkylation sites (N-methyl/N-ethyl adjacent to an activating group) is 1. The number of piperazine rings is 2. The van der Waals surface area contributed by atoms with Crippen molar-refractivity contribution in [2.45, 2.75) is 32.7 Å². The van der Waals surface area contributed by atoms with E-state index in [1.807, 2.05) is 55.5 Å². The van der Waals surface area contributed by atoms with Gasteiger partial charge in [0.05, 0.1) is 36.8 Å². The number of carbonyl (C=O) groups is 2. The first kappa shape index (κ1) is 35.5. The van der Waals surface area contributed by atoms with Crippen molar-refractivity contribution in [3.8, 4) is 11.6 Å². The van der Waals surface area contributed by atoms with Crippen LogP contribution in [0.5, 0.6) is 11.6 Å². The molecule has 0 unspecified atom stereocenters. The van der Waals surface area contributed by atoms with Crippen LogP contribution in [-0.2, 0) is 33.8 Å². The monoisotopic (exact) mass is 683 g/mol. The zero-order valence-corrected chi connectivity index (χ0v) is 29.9. The number of hydrogen-bond donors (Lipinski definition) is 2. The third kappa shape index (κ3) is 8.59. The van der Waals surface area contributed by atoms with Crippen LogP contribution in [0.1, 0.15) is 31.9 Å². The average Bonchev–Trinajstić information content (AvgIpc) is 3.32. The van der Waals surface area contributed by atoms with Crippen molar-refractivity contribution in [2.75, 3.05) is 89.4 Å². The van der Waals surface area contributed by atoms with Gasteiger partial charge in [-0.1, -0.05) is 39.0 Å². The van der Waals surface area contributed by atoms with E-state index in [1.165, 1.54) is 7.11 Å². The number of aromatic nitrogens is 1. The molecule has 2 aliphatic heterocycles. The van der Waals surface area contributed by atoms with E-state index in [1.54, 1.807) is 12.1 Å². The molecule has 1 aromatic heterocycles. The lowest BCUT2D eigenvalue weighted by Gasteiger charge is -2.37. The molecule has 13 nitrogen and oxygen atoms in total. The Morgan fingerprint density at radius 1 is 0.896 bits per heavy atom. The molecule has 0 bridgehead atoms. The second-order valence-electron chi connectivity index (χ2n) is 13.9. The summed E-state index contributed by atoms with van der Waals surface area (Å²) >= 11 is 0. The van der Waals surface area contributed by atoms with Crippen molar-refractivity contribution in [2.24, 2.45) is 7.05 Å². The summed E-state index contributed by atoms with van der Waals surface area (Å²) in [5.74, 6) is 0.731. The van der Waals surface area contributed by atoms with E-state index in [0.717, 1.165) is 67.6 Å². The van der Waals surface area contributed by atoms with Crippen molar-refractivity contribution in [3.63, 3.8) is 0 Å². The van der Waals surface area contributed by atoms with Gasteiger partial charge in [-0.05, 0) is 35.7 Å². The predicted molar refractivity (Wildman–Crippen MR) is 189 cm³/mol. The maximum atomic E-state index is 13.3. The molecule has 5 rings (SSSR count). The Morgan fingerprint density at radius 3 is 2.17 bits per heavy atom. The minimum atomic E-state index is -3.62. The van der Waals surface area contributed by atoms with Gasteiger partial charge in [-0.2, -0.15) is 0 Å². The standard InChI is InChI=1S/C34H49N7O6S/c1-34(2,3)26-20-27(32(46-6)28(21-26)36-48(7,44)45)35-33(43)47-30-19-24-9-8-10-25(31(24)38(30)5)22-39-15-17-41(18-16-39)29(42)23-40-13-11-37(4)12-14-40/h8-10,19-21,36H,11-18,22-23H2,1-7H3,(H,35,43).